The van der Waals surface area contributed by atoms with E-state index in [1.807, 2.05) is 0 Å². The van der Waals surface area contributed by atoms with Gasteiger partial charge in [-0.2, -0.15) is 4.31 Å². The zero-order valence-electron chi connectivity index (χ0n) is 14.8. The molecule has 0 spiro atoms. The second-order valence-electron chi connectivity index (χ2n) is 6.04. The van der Waals surface area contributed by atoms with Gasteiger partial charge in [0.1, 0.15) is 9.92 Å². The van der Waals surface area contributed by atoms with Gasteiger partial charge in [-0.1, -0.05) is 23.2 Å². The van der Waals surface area contributed by atoms with Crippen molar-refractivity contribution in [3.63, 3.8) is 0 Å². The minimum atomic E-state index is -3.88. The number of carbonyl (C=O) groups excluding carboxylic acids is 1. The van der Waals surface area contributed by atoms with Crippen molar-refractivity contribution in [1.29, 1.82) is 0 Å². The van der Waals surface area contributed by atoms with Gasteiger partial charge in [0.25, 0.3) is 11.6 Å². The van der Waals surface area contributed by atoms with E-state index < -0.39 is 26.5 Å². The van der Waals surface area contributed by atoms with Crippen LogP contribution < -0.4 is 5.32 Å². The SMILES string of the molecule is O=C(Nc1ccc(Cl)c(S(=O)(=O)N2CCOCC2)c1)c1ccc(Cl)c([N+](=O)[O-])c1. The molecule has 0 saturated carbocycles. The van der Waals surface area contributed by atoms with Gasteiger partial charge < -0.3 is 10.1 Å². The zero-order valence-corrected chi connectivity index (χ0v) is 17.1. The Labute approximate surface area is 176 Å². The van der Waals surface area contributed by atoms with Gasteiger partial charge in [-0.15, -0.1) is 0 Å². The maximum Gasteiger partial charge on any atom is 0.288 e. The summed E-state index contributed by atoms with van der Waals surface area (Å²) in [5.74, 6) is -0.665. The van der Waals surface area contributed by atoms with Crippen LogP contribution in [0, 0.1) is 10.1 Å². The Morgan fingerprint density at radius 3 is 2.41 bits per heavy atom. The lowest BCUT2D eigenvalue weighted by molar-refractivity contribution is -0.384. The Hall–Kier alpha value is -2.24. The van der Waals surface area contributed by atoms with Crippen molar-refractivity contribution < 1.29 is 22.9 Å². The molecule has 2 aromatic rings. The molecule has 3 rings (SSSR count). The monoisotopic (exact) mass is 459 g/mol. The highest BCUT2D eigenvalue weighted by atomic mass is 35.5. The number of hydrogen-bond acceptors (Lipinski definition) is 6. The maximum atomic E-state index is 12.9. The molecule has 1 heterocycles. The number of nitrogens with one attached hydrogen (secondary N) is 1. The summed E-state index contributed by atoms with van der Waals surface area (Å²) >= 11 is 11.8. The third kappa shape index (κ3) is 4.68. The minimum Gasteiger partial charge on any atom is -0.379 e. The Kier molecular flexibility index (Phi) is 6.39. The Morgan fingerprint density at radius 2 is 1.76 bits per heavy atom. The van der Waals surface area contributed by atoms with E-state index in [0.717, 1.165) is 6.07 Å². The van der Waals surface area contributed by atoms with E-state index in [4.69, 9.17) is 27.9 Å². The second-order valence-corrected chi connectivity index (χ2v) is 8.76. The van der Waals surface area contributed by atoms with Crippen LogP contribution in [0.5, 0.6) is 0 Å². The first-order valence-electron chi connectivity index (χ1n) is 8.33. The Morgan fingerprint density at radius 1 is 1.10 bits per heavy atom. The number of sulfonamides is 1. The number of rotatable bonds is 5. The lowest BCUT2D eigenvalue weighted by atomic mass is 10.2. The molecule has 2 aromatic carbocycles. The number of morpholine rings is 1. The quantitative estimate of drug-likeness (QED) is 0.541. The van der Waals surface area contributed by atoms with Crippen LogP contribution in [0.25, 0.3) is 0 Å². The third-order valence-corrected chi connectivity index (χ3v) is 6.88. The minimum absolute atomic E-state index is 0.00589. The summed E-state index contributed by atoms with van der Waals surface area (Å²) in [5.41, 5.74) is -0.247. The average molecular weight is 460 g/mol. The molecule has 1 N–H and O–H groups in total. The highest BCUT2D eigenvalue weighted by Crippen LogP contribution is 2.29. The number of nitrogens with zero attached hydrogens (tertiary/aromatic N) is 2. The summed E-state index contributed by atoms with van der Waals surface area (Å²) in [6.45, 7) is 0.957. The van der Waals surface area contributed by atoms with Crippen molar-refractivity contribution in [2.75, 3.05) is 31.6 Å². The molecule has 0 unspecified atom stereocenters. The fourth-order valence-corrected chi connectivity index (χ4v) is 4.80. The summed E-state index contributed by atoms with van der Waals surface area (Å²) in [6.07, 6.45) is 0. The summed E-state index contributed by atoms with van der Waals surface area (Å²) in [6, 6.07) is 7.64. The molecule has 1 saturated heterocycles. The number of halogens is 2. The first-order chi connectivity index (χ1) is 13.7. The largest absolute Gasteiger partial charge is 0.379 e. The highest BCUT2D eigenvalue weighted by molar-refractivity contribution is 7.89. The van der Waals surface area contributed by atoms with E-state index in [1.165, 1.54) is 34.6 Å². The van der Waals surface area contributed by atoms with Gasteiger partial charge in [0.15, 0.2) is 0 Å². The molecular formula is C17H15Cl2N3O6S. The van der Waals surface area contributed by atoms with E-state index in [2.05, 4.69) is 5.32 Å². The van der Waals surface area contributed by atoms with Gasteiger partial charge in [0, 0.05) is 30.4 Å². The van der Waals surface area contributed by atoms with Crippen LogP contribution in [-0.4, -0.2) is 49.9 Å². The highest BCUT2D eigenvalue weighted by Gasteiger charge is 2.29. The lowest BCUT2D eigenvalue weighted by Crippen LogP contribution is -2.40. The molecule has 1 aliphatic heterocycles. The molecule has 0 atom stereocenters. The molecule has 1 aliphatic rings. The molecule has 12 heteroatoms. The molecule has 0 aliphatic carbocycles. The molecule has 9 nitrogen and oxygen atoms in total. The molecular weight excluding hydrogens is 445 g/mol. The molecule has 1 amide bonds. The van der Waals surface area contributed by atoms with Crippen molar-refractivity contribution in [2.45, 2.75) is 4.90 Å². The van der Waals surface area contributed by atoms with Gasteiger partial charge in [-0.3, -0.25) is 14.9 Å². The average Bonchev–Trinajstić information content (AvgIpc) is 2.70. The van der Waals surface area contributed by atoms with Crippen LogP contribution in [0.4, 0.5) is 11.4 Å². The van der Waals surface area contributed by atoms with Crippen molar-refractivity contribution in [3.05, 3.63) is 62.1 Å². The number of anilines is 1. The Bertz CT molecular complexity index is 1070. The van der Waals surface area contributed by atoms with Crippen LogP contribution in [0.1, 0.15) is 10.4 Å². The van der Waals surface area contributed by atoms with Crippen LogP contribution >= 0.6 is 23.2 Å². The predicted octanol–water partition coefficient (Wildman–Crippen LogP) is 3.17. The molecule has 0 bridgehead atoms. The van der Waals surface area contributed by atoms with Gasteiger partial charge in [-0.25, -0.2) is 8.42 Å². The molecule has 154 valence electrons. The van der Waals surface area contributed by atoms with Crippen LogP contribution in [0.2, 0.25) is 10.0 Å². The van der Waals surface area contributed by atoms with Gasteiger partial charge >= 0.3 is 0 Å². The topological polar surface area (TPSA) is 119 Å². The van der Waals surface area contributed by atoms with E-state index in [1.54, 1.807) is 0 Å². The van der Waals surface area contributed by atoms with Gasteiger partial charge in [0.05, 0.1) is 23.2 Å². The number of hydrogen-bond donors (Lipinski definition) is 1. The van der Waals surface area contributed by atoms with E-state index in [9.17, 15) is 23.3 Å². The van der Waals surface area contributed by atoms with Gasteiger partial charge in [-0.05, 0) is 30.3 Å². The zero-order chi connectivity index (χ0) is 21.2. The molecule has 1 fully saturated rings. The van der Waals surface area contributed by atoms with E-state index >= 15 is 0 Å². The summed E-state index contributed by atoms with van der Waals surface area (Å²) in [7, 11) is -3.88. The predicted molar refractivity (Wildman–Crippen MR) is 107 cm³/mol. The Balaban J connectivity index is 1.87. The smallest absolute Gasteiger partial charge is 0.288 e. The van der Waals surface area contributed by atoms with Crippen molar-refractivity contribution in [3.8, 4) is 0 Å². The van der Waals surface area contributed by atoms with Gasteiger partial charge in [0.2, 0.25) is 10.0 Å². The van der Waals surface area contributed by atoms with Crippen LogP contribution in [-0.2, 0) is 14.8 Å². The maximum absolute atomic E-state index is 12.9. The summed E-state index contributed by atoms with van der Waals surface area (Å²) in [5, 5.41) is 13.4. The van der Waals surface area contributed by atoms with Crippen molar-refractivity contribution in [1.82, 2.24) is 4.31 Å². The van der Waals surface area contributed by atoms with Crippen molar-refractivity contribution >= 4 is 50.5 Å². The van der Waals surface area contributed by atoms with E-state index in [0.29, 0.717) is 0 Å². The molecule has 29 heavy (non-hydrogen) atoms. The number of ether oxygens (including phenoxy) is 1. The van der Waals surface area contributed by atoms with Crippen LogP contribution in [0.3, 0.4) is 0 Å². The fraction of sp³-hybridized carbons (Fsp3) is 0.235. The first-order valence-corrected chi connectivity index (χ1v) is 10.5. The van der Waals surface area contributed by atoms with E-state index in [-0.39, 0.29) is 52.5 Å². The van der Waals surface area contributed by atoms with Crippen LogP contribution in [0.15, 0.2) is 41.3 Å². The molecule has 0 radical (unpaired) electrons. The second kappa shape index (κ2) is 8.64. The third-order valence-electron chi connectivity index (χ3n) is 4.18. The summed E-state index contributed by atoms with van der Waals surface area (Å²) in [4.78, 5) is 22.6. The first kappa shape index (κ1) is 21.5. The number of nitro benzene ring substituents is 1. The lowest BCUT2D eigenvalue weighted by Gasteiger charge is -2.26. The molecule has 0 aromatic heterocycles. The van der Waals surface area contributed by atoms with Crippen molar-refractivity contribution in [2.24, 2.45) is 0 Å². The number of amides is 1. The standard InChI is InChI=1S/C17H15Cl2N3O6S/c18-13-3-1-11(9-15(13)22(24)25)17(23)20-12-2-4-14(19)16(10-12)29(26,27)21-5-7-28-8-6-21/h1-4,9-10H,5-8H2,(H,20,23). The number of nitro groups is 1. The number of carbonyl (C=O) groups is 1. The number of benzene rings is 2. The summed E-state index contributed by atoms with van der Waals surface area (Å²) < 4.78 is 32.1. The fourth-order valence-electron chi connectivity index (χ4n) is 2.70. The normalized spacial score (nSPS) is 15.1.